The van der Waals surface area contributed by atoms with Crippen LogP contribution in [0.3, 0.4) is 0 Å². The molecule has 1 heterocycles. The van der Waals surface area contributed by atoms with E-state index in [1.165, 1.54) is 10.4 Å². The predicted molar refractivity (Wildman–Crippen MR) is 78.6 cm³/mol. The van der Waals surface area contributed by atoms with E-state index in [1.54, 1.807) is 19.1 Å². The van der Waals surface area contributed by atoms with Gasteiger partial charge >= 0.3 is 0 Å². The molecule has 6 heteroatoms. The lowest BCUT2D eigenvalue weighted by Crippen LogP contribution is -2.32. The molecule has 4 nitrogen and oxygen atoms in total. The lowest BCUT2D eigenvalue weighted by molar-refractivity contribution is 0.108. The second-order valence-electron chi connectivity index (χ2n) is 5.07. The molecule has 0 spiro atoms. The van der Waals surface area contributed by atoms with Crippen LogP contribution >= 0.6 is 11.6 Å². The molecular weight excluding hydrogens is 298 g/mol. The molecule has 0 atom stereocenters. The van der Waals surface area contributed by atoms with Gasteiger partial charge in [0.2, 0.25) is 10.0 Å². The van der Waals surface area contributed by atoms with E-state index in [2.05, 4.69) is 0 Å². The normalized spacial score (nSPS) is 17.7. The fourth-order valence-corrected chi connectivity index (χ4v) is 4.31. The Morgan fingerprint density at radius 2 is 1.75 bits per heavy atom. The van der Waals surface area contributed by atoms with Crippen LogP contribution < -0.4 is 0 Å². The van der Waals surface area contributed by atoms with Gasteiger partial charge in [-0.05, 0) is 49.1 Å². The van der Waals surface area contributed by atoms with Gasteiger partial charge in [-0.2, -0.15) is 4.31 Å². The number of sulfonamides is 1. The zero-order valence-corrected chi connectivity index (χ0v) is 13.0. The van der Waals surface area contributed by atoms with Crippen molar-refractivity contribution in [3.8, 4) is 0 Å². The summed E-state index contributed by atoms with van der Waals surface area (Å²) in [6.07, 6.45) is 3.88. The Balaban J connectivity index is 2.42. The first-order valence-corrected chi connectivity index (χ1v) is 8.55. The first-order chi connectivity index (χ1) is 9.43. The minimum atomic E-state index is -3.55. The van der Waals surface area contributed by atoms with Crippen LogP contribution in [0, 0.1) is 6.92 Å². The summed E-state index contributed by atoms with van der Waals surface area (Å²) in [7, 11) is -3.55. The van der Waals surface area contributed by atoms with Crippen LogP contribution in [0.1, 0.15) is 41.6 Å². The summed E-state index contributed by atoms with van der Waals surface area (Å²) in [5.41, 5.74) is 0.849. The maximum atomic E-state index is 12.7. The molecule has 0 N–H and O–H groups in total. The Morgan fingerprint density at radius 3 is 2.30 bits per heavy atom. The molecule has 1 aliphatic rings. The summed E-state index contributed by atoms with van der Waals surface area (Å²) in [6, 6.07) is 4.55. The molecular formula is C14H18ClNO3S. The van der Waals surface area contributed by atoms with E-state index >= 15 is 0 Å². The largest absolute Gasteiger partial charge is 0.276 e. The maximum absolute atomic E-state index is 12.7. The van der Waals surface area contributed by atoms with E-state index in [0.717, 1.165) is 25.7 Å². The lowest BCUT2D eigenvalue weighted by Gasteiger charge is -2.21. The Kier molecular flexibility index (Phi) is 4.83. The van der Waals surface area contributed by atoms with Crippen molar-refractivity contribution >= 4 is 26.9 Å². The van der Waals surface area contributed by atoms with Crippen molar-refractivity contribution < 1.29 is 13.2 Å². The first kappa shape index (κ1) is 15.5. The van der Waals surface area contributed by atoms with Gasteiger partial charge in [0, 0.05) is 18.7 Å². The maximum Gasteiger partial charge on any atom is 0.252 e. The number of benzene rings is 1. The highest BCUT2D eigenvalue weighted by Gasteiger charge is 2.27. The van der Waals surface area contributed by atoms with Gasteiger partial charge in [-0.25, -0.2) is 8.42 Å². The quantitative estimate of drug-likeness (QED) is 0.806. The molecule has 0 unspecified atom stereocenters. The molecule has 1 aliphatic heterocycles. The van der Waals surface area contributed by atoms with Crippen LogP contribution in [-0.2, 0) is 10.0 Å². The van der Waals surface area contributed by atoms with Crippen molar-refractivity contribution in [2.24, 2.45) is 0 Å². The minimum absolute atomic E-state index is 0.186. The number of hydrogen-bond acceptors (Lipinski definition) is 3. The average Bonchev–Trinajstić information content (AvgIpc) is 2.68. The fourth-order valence-electron chi connectivity index (χ4n) is 2.42. The van der Waals surface area contributed by atoms with Gasteiger partial charge < -0.3 is 0 Å². The van der Waals surface area contributed by atoms with Crippen molar-refractivity contribution in [3.63, 3.8) is 0 Å². The number of carbonyl (C=O) groups is 1. The van der Waals surface area contributed by atoms with Crippen LogP contribution in [0.15, 0.2) is 23.1 Å². The zero-order valence-electron chi connectivity index (χ0n) is 11.4. The molecule has 2 rings (SSSR count). The summed E-state index contributed by atoms with van der Waals surface area (Å²) < 4.78 is 26.9. The molecule has 1 saturated heterocycles. The molecule has 0 bridgehead atoms. The average molecular weight is 316 g/mol. The van der Waals surface area contributed by atoms with Gasteiger partial charge in [0.1, 0.15) is 0 Å². The highest BCUT2D eigenvalue weighted by Crippen LogP contribution is 2.24. The standard InChI is InChI=1S/C14H18ClNO3S/c1-11-6-7-12(14(15)17)10-13(11)20(18,19)16-8-4-2-3-5-9-16/h6-7,10H,2-5,8-9H2,1H3. The summed E-state index contributed by atoms with van der Waals surface area (Å²) in [6.45, 7) is 2.81. The van der Waals surface area contributed by atoms with Crippen molar-refractivity contribution in [1.29, 1.82) is 0 Å². The topological polar surface area (TPSA) is 54.5 Å². The zero-order chi connectivity index (χ0) is 14.8. The van der Waals surface area contributed by atoms with Crippen molar-refractivity contribution in [2.45, 2.75) is 37.5 Å². The summed E-state index contributed by atoms with van der Waals surface area (Å²) in [4.78, 5) is 11.4. The number of hydrogen-bond donors (Lipinski definition) is 0. The second kappa shape index (κ2) is 6.24. The Morgan fingerprint density at radius 1 is 1.15 bits per heavy atom. The van der Waals surface area contributed by atoms with Crippen LogP contribution in [-0.4, -0.2) is 31.1 Å². The molecule has 0 aromatic heterocycles. The van der Waals surface area contributed by atoms with Crippen molar-refractivity contribution in [2.75, 3.05) is 13.1 Å². The number of carbonyl (C=O) groups excluding carboxylic acids is 1. The highest BCUT2D eigenvalue weighted by molar-refractivity contribution is 7.89. The summed E-state index contributed by atoms with van der Waals surface area (Å²) >= 11 is 5.44. The molecule has 0 aliphatic carbocycles. The van der Waals surface area contributed by atoms with Crippen LogP contribution in [0.2, 0.25) is 0 Å². The van der Waals surface area contributed by atoms with E-state index in [-0.39, 0.29) is 10.5 Å². The Bertz CT molecular complexity index is 605. The number of nitrogens with zero attached hydrogens (tertiary/aromatic N) is 1. The van der Waals surface area contributed by atoms with E-state index in [1.807, 2.05) is 0 Å². The number of halogens is 1. The fraction of sp³-hybridized carbons (Fsp3) is 0.500. The molecule has 1 fully saturated rings. The third-order valence-corrected chi connectivity index (χ3v) is 5.86. The first-order valence-electron chi connectivity index (χ1n) is 6.73. The van der Waals surface area contributed by atoms with E-state index in [0.29, 0.717) is 18.7 Å². The smallest absolute Gasteiger partial charge is 0.252 e. The molecule has 0 radical (unpaired) electrons. The predicted octanol–water partition coefficient (Wildman–Crippen LogP) is 2.94. The lowest BCUT2D eigenvalue weighted by atomic mass is 10.2. The monoisotopic (exact) mass is 315 g/mol. The second-order valence-corrected chi connectivity index (χ2v) is 7.32. The highest BCUT2D eigenvalue weighted by atomic mass is 35.5. The Hall–Kier alpha value is -0.910. The molecule has 110 valence electrons. The third kappa shape index (κ3) is 3.22. The van der Waals surface area contributed by atoms with Crippen LogP contribution in [0.4, 0.5) is 0 Å². The summed E-state index contributed by atoms with van der Waals surface area (Å²) in [5, 5.41) is -0.641. The van der Waals surface area contributed by atoms with Gasteiger partial charge in [0.05, 0.1) is 4.90 Å². The van der Waals surface area contributed by atoms with E-state index in [9.17, 15) is 13.2 Å². The van der Waals surface area contributed by atoms with Gasteiger partial charge in [-0.15, -0.1) is 0 Å². The van der Waals surface area contributed by atoms with Gasteiger partial charge in [-0.3, -0.25) is 4.79 Å². The molecule has 1 aromatic rings. The van der Waals surface area contributed by atoms with E-state index in [4.69, 9.17) is 11.6 Å². The number of aryl methyl sites for hydroxylation is 1. The van der Waals surface area contributed by atoms with Crippen LogP contribution in [0.25, 0.3) is 0 Å². The van der Waals surface area contributed by atoms with Crippen molar-refractivity contribution in [3.05, 3.63) is 29.3 Å². The molecule has 20 heavy (non-hydrogen) atoms. The van der Waals surface area contributed by atoms with Gasteiger partial charge in [0.25, 0.3) is 5.24 Å². The number of rotatable bonds is 3. The van der Waals surface area contributed by atoms with Crippen LogP contribution in [0.5, 0.6) is 0 Å². The third-order valence-electron chi connectivity index (χ3n) is 3.60. The Labute approximate surface area is 124 Å². The SMILES string of the molecule is Cc1ccc(C(=O)Cl)cc1S(=O)(=O)N1CCCCCC1. The molecule has 1 aromatic carbocycles. The molecule has 0 amide bonds. The van der Waals surface area contributed by atoms with E-state index < -0.39 is 15.3 Å². The van der Waals surface area contributed by atoms with Crippen molar-refractivity contribution in [1.82, 2.24) is 4.31 Å². The molecule has 0 saturated carbocycles. The van der Waals surface area contributed by atoms with Gasteiger partial charge in [-0.1, -0.05) is 18.9 Å². The minimum Gasteiger partial charge on any atom is -0.276 e. The van der Waals surface area contributed by atoms with Gasteiger partial charge in [0.15, 0.2) is 0 Å². The summed E-state index contributed by atoms with van der Waals surface area (Å²) in [5.74, 6) is 0.